The fourth-order valence-corrected chi connectivity index (χ4v) is 10.8. The van der Waals surface area contributed by atoms with Crippen LogP contribution in [0.3, 0.4) is 0 Å². The minimum atomic E-state index is -2.02. The Morgan fingerprint density at radius 2 is 1.14 bits per heavy atom. The van der Waals surface area contributed by atoms with E-state index in [1.54, 1.807) is 11.8 Å². The molecule has 0 fully saturated rings. The number of hydrogen-bond acceptors (Lipinski definition) is 2. The van der Waals surface area contributed by atoms with Crippen LogP contribution in [0.15, 0.2) is 126 Å². The number of rotatable bonds is 7. The molecule has 0 aliphatic heterocycles. The van der Waals surface area contributed by atoms with Crippen molar-refractivity contribution in [2.75, 3.05) is 4.90 Å². The fourth-order valence-electron chi connectivity index (χ4n) is 4.49. The third-order valence-corrected chi connectivity index (χ3v) is 12.2. The molecule has 0 aliphatic rings. The first-order chi connectivity index (χ1) is 17.2. The molecule has 5 heteroatoms. The molecule has 5 rings (SSSR count). The Hall–Kier alpha value is -3.29. The van der Waals surface area contributed by atoms with Gasteiger partial charge in [-0.2, -0.15) is 0 Å². The van der Waals surface area contributed by atoms with Crippen molar-refractivity contribution >= 4 is 54.0 Å². The van der Waals surface area contributed by atoms with Gasteiger partial charge in [-0.15, -0.1) is 0 Å². The summed E-state index contributed by atoms with van der Waals surface area (Å²) in [4.78, 5) is 21.7. The van der Waals surface area contributed by atoms with Crippen LogP contribution in [0.1, 0.15) is 12.6 Å². The standard InChI is InChI=1S/C30H26N2OPSe/c1-24(33)32(26-14-6-2-7-15-26)30-31-25(23-35-30)22-34(27-16-8-3-9-17-27,28-18-10-4-11-19-28)29-20-12-5-13-21-29/h2-21,23H,22H2,1H3/q+1. The van der Waals surface area contributed by atoms with E-state index < -0.39 is 7.26 Å². The van der Waals surface area contributed by atoms with Crippen LogP contribution in [0.25, 0.3) is 0 Å². The second-order valence-corrected chi connectivity index (χ2v) is 13.5. The topological polar surface area (TPSA) is 33.2 Å². The molecule has 1 heterocycles. The Bertz CT molecular complexity index is 1290. The van der Waals surface area contributed by atoms with E-state index in [0.717, 1.165) is 22.2 Å². The van der Waals surface area contributed by atoms with Crippen molar-refractivity contribution < 1.29 is 4.79 Å². The molecule has 0 N–H and O–H groups in total. The van der Waals surface area contributed by atoms with E-state index in [-0.39, 0.29) is 20.4 Å². The number of aromatic nitrogens is 1. The molecule has 0 radical (unpaired) electrons. The molecule has 0 atom stereocenters. The summed E-state index contributed by atoms with van der Waals surface area (Å²) in [6, 6.07) is 42.3. The summed E-state index contributed by atoms with van der Waals surface area (Å²) in [7, 11) is -2.02. The summed E-state index contributed by atoms with van der Waals surface area (Å²) in [5.41, 5.74) is 1.93. The fraction of sp³-hybridized carbons (Fsp3) is 0.0667. The van der Waals surface area contributed by atoms with Gasteiger partial charge in [0.15, 0.2) is 0 Å². The Kier molecular flexibility index (Phi) is 7.06. The first-order valence-corrected chi connectivity index (χ1v) is 15.4. The number of amides is 1. The van der Waals surface area contributed by atoms with Gasteiger partial charge < -0.3 is 0 Å². The molecular formula is C30H26N2OPSe+. The molecule has 172 valence electrons. The van der Waals surface area contributed by atoms with Gasteiger partial charge in [0, 0.05) is 0 Å². The Morgan fingerprint density at radius 3 is 1.57 bits per heavy atom. The summed E-state index contributed by atoms with van der Waals surface area (Å²) >= 11 is -0.0173. The van der Waals surface area contributed by atoms with Crippen molar-refractivity contribution in [1.29, 1.82) is 0 Å². The zero-order chi connectivity index (χ0) is 24.1. The first kappa shape index (κ1) is 23.5. The molecule has 0 saturated carbocycles. The molecular weight excluding hydrogens is 514 g/mol. The van der Waals surface area contributed by atoms with Crippen LogP contribution in [0.4, 0.5) is 10.4 Å². The summed E-state index contributed by atoms with van der Waals surface area (Å²) in [6.45, 7) is 1.61. The zero-order valence-corrected chi connectivity index (χ0v) is 22.1. The number of benzene rings is 4. The zero-order valence-electron chi connectivity index (χ0n) is 19.5. The second kappa shape index (κ2) is 10.5. The van der Waals surface area contributed by atoms with E-state index in [2.05, 4.69) is 95.9 Å². The van der Waals surface area contributed by atoms with Gasteiger partial charge in [-0.25, -0.2) is 0 Å². The molecule has 1 amide bonds. The van der Waals surface area contributed by atoms with E-state index in [0.29, 0.717) is 0 Å². The second-order valence-electron chi connectivity index (χ2n) is 8.29. The third-order valence-electron chi connectivity index (χ3n) is 6.05. The van der Waals surface area contributed by atoms with Crippen LogP contribution < -0.4 is 20.8 Å². The van der Waals surface area contributed by atoms with Crippen molar-refractivity contribution in [2.24, 2.45) is 0 Å². The van der Waals surface area contributed by atoms with Gasteiger partial charge in [-0.3, -0.25) is 0 Å². The number of para-hydroxylation sites is 1. The van der Waals surface area contributed by atoms with Crippen LogP contribution >= 0.6 is 7.26 Å². The number of anilines is 2. The van der Waals surface area contributed by atoms with Gasteiger partial charge >= 0.3 is 214 Å². The summed E-state index contributed by atoms with van der Waals surface area (Å²) < 4.78 is 0.846. The predicted octanol–water partition coefficient (Wildman–Crippen LogP) is 5.32. The SMILES string of the molecule is CC(=O)N(c1ccccc1)c1nc(C[P+](c2ccccc2)(c2ccccc2)c2ccccc2)c[se]1. The van der Waals surface area contributed by atoms with Gasteiger partial charge in [0.1, 0.15) is 0 Å². The van der Waals surface area contributed by atoms with Crippen LogP contribution in [-0.2, 0) is 11.0 Å². The number of hydrogen-bond donors (Lipinski definition) is 0. The van der Waals surface area contributed by atoms with E-state index >= 15 is 0 Å². The van der Waals surface area contributed by atoms with Crippen molar-refractivity contribution in [1.82, 2.24) is 4.98 Å². The summed E-state index contributed by atoms with van der Waals surface area (Å²) in [5.74, 6) is -0.0123. The van der Waals surface area contributed by atoms with E-state index in [9.17, 15) is 4.79 Å². The maximum atomic E-state index is 12.6. The molecule has 0 spiro atoms. The van der Waals surface area contributed by atoms with Crippen LogP contribution in [0.5, 0.6) is 0 Å². The average molecular weight is 540 g/mol. The van der Waals surface area contributed by atoms with Gasteiger partial charge in [0.25, 0.3) is 0 Å². The Labute approximate surface area is 213 Å². The predicted molar refractivity (Wildman–Crippen MR) is 149 cm³/mol. The molecule has 0 unspecified atom stereocenters. The molecule has 0 aliphatic carbocycles. The molecule has 35 heavy (non-hydrogen) atoms. The molecule has 0 saturated heterocycles. The van der Waals surface area contributed by atoms with Gasteiger partial charge in [0.05, 0.1) is 0 Å². The van der Waals surface area contributed by atoms with Crippen LogP contribution in [0.2, 0.25) is 0 Å². The van der Waals surface area contributed by atoms with Crippen LogP contribution in [0, 0.1) is 0 Å². The Morgan fingerprint density at radius 1 is 0.714 bits per heavy atom. The molecule has 1 aromatic heterocycles. The molecule has 5 aromatic rings. The first-order valence-electron chi connectivity index (χ1n) is 11.5. The third kappa shape index (κ3) is 4.79. The van der Waals surface area contributed by atoms with Gasteiger partial charge in [0.2, 0.25) is 0 Å². The summed E-state index contributed by atoms with van der Waals surface area (Å²) in [6.07, 6.45) is 0.816. The minimum absolute atomic E-state index is 0.0123. The van der Waals surface area contributed by atoms with Gasteiger partial charge in [-0.05, 0) is 0 Å². The molecule has 4 aromatic carbocycles. The Balaban J connectivity index is 1.65. The van der Waals surface area contributed by atoms with E-state index in [1.165, 1.54) is 15.9 Å². The number of carbonyl (C=O) groups is 1. The maximum absolute atomic E-state index is 12.6. The van der Waals surface area contributed by atoms with E-state index in [4.69, 9.17) is 4.98 Å². The molecule has 3 nitrogen and oxygen atoms in total. The van der Waals surface area contributed by atoms with Crippen molar-refractivity contribution in [3.63, 3.8) is 0 Å². The number of carbonyl (C=O) groups excluding carboxylic acids is 1. The quantitative estimate of drug-likeness (QED) is 0.207. The molecule has 0 bridgehead atoms. The number of nitrogens with zero attached hydrogens (tertiary/aromatic N) is 2. The van der Waals surface area contributed by atoms with E-state index in [1.807, 2.05) is 30.3 Å². The average Bonchev–Trinajstić information content (AvgIpc) is 3.37. The monoisotopic (exact) mass is 541 g/mol. The van der Waals surface area contributed by atoms with Crippen molar-refractivity contribution in [2.45, 2.75) is 13.1 Å². The normalized spacial score (nSPS) is 11.2. The van der Waals surface area contributed by atoms with Crippen LogP contribution in [-0.4, -0.2) is 25.4 Å². The van der Waals surface area contributed by atoms with Crippen molar-refractivity contribution in [3.8, 4) is 0 Å². The summed E-state index contributed by atoms with van der Waals surface area (Å²) in [5, 5.41) is 4.00. The van der Waals surface area contributed by atoms with Gasteiger partial charge in [-0.1, -0.05) is 0 Å². The van der Waals surface area contributed by atoms with Crippen molar-refractivity contribution in [3.05, 3.63) is 132 Å².